The molecule has 8 atom stereocenters. The summed E-state index contributed by atoms with van der Waals surface area (Å²) >= 11 is 0. The molecule has 5 nitrogen and oxygen atoms in total. The van der Waals surface area contributed by atoms with Crippen LogP contribution < -0.4 is 0 Å². The van der Waals surface area contributed by atoms with E-state index in [9.17, 15) is 5.11 Å². The third-order valence-corrected chi connectivity index (χ3v) is 9.43. The quantitative estimate of drug-likeness (QED) is 0.736. The molecule has 1 unspecified atom stereocenters. The SMILES string of the molecule is CC1(C)CC[C@H]2[C@@H](CC[C@@H]3C[C@](C)(O)CC[C@@H]32)[C@@H]1[C@@H]1CC1OCCn1ccc(C#N)n1. The zero-order valence-corrected chi connectivity index (χ0v) is 19.5. The van der Waals surface area contributed by atoms with E-state index in [1.807, 2.05) is 10.9 Å². The number of fused-ring (bicyclic) bond motifs is 3. The molecule has 0 spiro atoms. The van der Waals surface area contributed by atoms with Gasteiger partial charge in [-0.05, 0) is 105 Å². The van der Waals surface area contributed by atoms with E-state index in [2.05, 4.69) is 31.9 Å². The lowest BCUT2D eigenvalue weighted by molar-refractivity contribution is -0.105. The average Bonchev–Trinajstić information content (AvgIpc) is 3.30. The lowest BCUT2D eigenvalue weighted by atomic mass is 9.48. The number of aromatic nitrogens is 2. The van der Waals surface area contributed by atoms with Gasteiger partial charge in [0.2, 0.25) is 0 Å². The fraction of sp³-hybridized carbons (Fsp3) is 0.846. The summed E-state index contributed by atoms with van der Waals surface area (Å²) in [7, 11) is 0. The van der Waals surface area contributed by atoms with Crippen molar-refractivity contribution in [2.24, 2.45) is 40.9 Å². The van der Waals surface area contributed by atoms with Gasteiger partial charge in [-0.2, -0.15) is 10.4 Å². The minimum atomic E-state index is -0.431. The fourth-order valence-corrected chi connectivity index (χ4v) is 8.01. The van der Waals surface area contributed by atoms with Crippen LogP contribution >= 0.6 is 0 Å². The Morgan fingerprint density at radius 1 is 1.13 bits per heavy atom. The Bertz CT molecular complexity index is 838. The average molecular weight is 426 g/mol. The summed E-state index contributed by atoms with van der Waals surface area (Å²) in [6.07, 6.45) is 12.1. The van der Waals surface area contributed by atoms with E-state index in [0.717, 1.165) is 42.4 Å². The number of nitrogens with zero attached hydrogens (tertiary/aromatic N) is 3. The van der Waals surface area contributed by atoms with Gasteiger partial charge in [-0.15, -0.1) is 0 Å². The van der Waals surface area contributed by atoms with E-state index >= 15 is 0 Å². The van der Waals surface area contributed by atoms with Crippen LogP contribution in [-0.2, 0) is 11.3 Å². The molecule has 170 valence electrons. The predicted octanol–water partition coefficient (Wildman–Crippen LogP) is 4.79. The summed E-state index contributed by atoms with van der Waals surface area (Å²) in [5.74, 6) is 4.77. The molecule has 4 aliphatic rings. The normalized spacial score (nSPS) is 43.5. The van der Waals surface area contributed by atoms with Gasteiger partial charge in [-0.25, -0.2) is 0 Å². The van der Waals surface area contributed by atoms with Crippen molar-refractivity contribution in [3.8, 4) is 6.07 Å². The Labute approximate surface area is 187 Å². The Morgan fingerprint density at radius 2 is 1.94 bits per heavy atom. The standard InChI is InChI=1S/C26H39N3O2/c1-25(2)9-6-20-19-7-10-26(3,30)15-17(19)4-5-21(20)24(25)22-14-23(22)31-13-12-29-11-8-18(16-27)28-29/h8,11,17,19-24,30H,4-7,9-10,12-15H2,1-3H3/t17-,19+,20-,21-,22-,23?,24-,26-/m1/s1. The van der Waals surface area contributed by atoms with Crippen LogP contribution in [0.4, 0.5) is 0 Å². The van der Waals surface area contributed by atoms with Crippen molar-refractivity contribution < 1.29 is 9.84 Å². The summed E-state index contributed by atoms with van der Waals surface area (Å²) in [4.78, 5) is 0. The Hall–Kier alpha value is -1.38. The molecule has 0 bridgehead atoms. The van der Waals surface area contributed by atoms with Crippen LogP contribution in [-0.4, -0.2) is 33.2 Å². The first-order chi connectivity index (χ1) is 14.8. The summed E-state index contributed by atoms with van der Waals surface area (Å²) in [6.45, 7) is 8.46. The number of ether oxygens (including phenoxy) is 1. The summed E-state index contributed by atoms with van der Waals surface area (Å²) in [5.41, 5.74) is 0.444. The lowest BCUT2D eigenvalue weighted by Crippen LogP contribution is -2.51. The van der Waals surface area contributed by atoms with Crippen molar-refractivity contribution in [2.45, 2.75) is 90.4 Å². The van der Waals surface area contributed by atoms with Gasteiger partial charge >= 0.3 is 0 Å². The largest absolute Gasteiger partial charge is 0.390 e. The first-order valence-corrected chi connectivity index (χ1v) is 12.5. The molecule has 0 saturated heterocycles. The van der Waals surface area contributed by atoms with Gasteiger partial charge in [0.15, 0.2) is 5.69 Å². The summed E-state index contributed by atoms with van der Waals surface area (Å²) in [6, 6.07) is 3.84. The van der Waals surface area contributed by atoms with Crippen molar-refractivity contribution in [3.63, 3.8) is 0 Å². The second-order valence-electron chi connectivity index (χ2n) is 12.0. The molecule has 5 rings (SSSR count). The first kappa shape index (κ1) is 21.5. The predicted molar refractivity (Wildman–Crippen MR) is 119 cm³/mol. The summed E-state index contributed by atoms with van der Waals surface area (Å²) in [5, 5.41) is 23.8. The number of nitriles is 1. The van der Waals surface area contributed by atoms with Crippen molar-refractivity contribution in [3.05, 3.63) is 18.0 Å². The van der Waals surface area contributed by atoms with Gasteiger partial charge in [0.05, 0.1) is 24.9 Å². The zero-order chi connectivity index (χ0) is 21.8. The van der Waals surface area contributed by atoms with Crippen LogP contribution in [0.5, 0.6) is 0 Å². The summed E-state index contributed by atoms with van der Waals surface area (Å²) < 4.78 is 8.11. The highest BCUT2D eigenvalue weighted by molar-refractivity contribution is 5.16. The molecule has 4 aliphatic carbocycles. The van der Waals surface area contributed by atoms with E-state index in [1.165, 1.54) is 38.5 Å². The van der Waals surface area contributed by atoms with E-state index in [0.29, 0.717) is 36.3 Å². The molecule has 4 saturated carbocycles. The van der Waals surface area contributed by atoms with Crippen molar-refractivity contribution in [1.82, 2.24) is 9.78 Å². The molecular formula is C26H39N3O2. The molecule has 0 amide bonds. The fourth-order valence-electron chi connectivity index (χ4n) is 8.01. The van der Waals surface area contributed by atoms with Gasteiger partial charge in [0.1, 0.15) is 6.07 Å². The molecule has 1 aromatic heterocycles. The number of hydrogen-bond acceptors (Lipinski definition) is 4. The number of hydrogen-bond donors (Lipinski definition) is 1. The Kier molecular flexibility index (Phi) is 5.46. The van der Waals surface area contributed by atoms with Gasteiger partial charge in [0, 0.05) is 6.20 Å². The van der Waals surface area contributed by atoms with Gasteiger partial charge in [-0.1, -0.05) is 13.8 Å². The highest BCUT2D eigenvalue weighted by Gasteiger charge is 2.58. The third-order valence-electron chi connectivity index (χ3n) is 9.43. The maximum absolute atomic E-state index is 10.6. The minimum absolute atomic E-state index is 0.402. The van der Waals surface area contributed by atoms with Crippen LogP contribution in [0.15, 0.2) is 12.3 Å². The molecule has 0 radical (unpaired) electrons. The topological polar surface area (TPSA) is 71.1 Å². The maximum Gasteiger partial charge on any atom is 0.162 e. The molecule has 1 N–H and O–H groups in total. The highest BCUT2D eigenvalue weighted by atomic mass is 16.5. The minimum Gasteiger partial charge on any atom is -0.390 e. The molecule has 0 aromatic carbocycles. The molecule has 0 aliphatic heterocycles. The van der Waals surface area contributed by atoms with Crippen LogP contribution in [0.3, 0.4) is 0 Å². The zero-order valence-electron chi connectivity index (χ0n) is 19.5. The second-order valence-corrected chi connectivity index (χ2v) is 12.0. The Morgan fingerprint density at radius 3 is 2.71 bits per heavy atom. The van der Waals surface area contributed by atoms with Gasteiger partial charge in [-0.3, -0.25) is 4.68 Å². The first-order valence-electron chi connectivity index (χ1n) is 12.5. The number of rotatable bonds is 5. The number of aliphatic hydroxyl groups is 1. The molecule has 31 heavy (non-hydrogen) atoms. The van der Waals surface area contributed by atoms with E-state index < -0.39 is 5.60 Å². The van der Waals surface area contributed by atoms with Crippen LogP contribution in [0.25, 0.3) is 0 Å². The lowest BCUT2D eigenvalue weighted by Gasteiger charge is -2.57. The second kappa shape index (κ2) is 7.89. The molecule has 5 heteroatoms. The van der Waals surface area contributed by atoms with Crippen molar-refractivity contribution in [2.75, 3.05) is 6.61 Å². The smallest absolute Gasteiger partial charge is 0.162 e. The molecule has 4 fully saturated rings. The van der Waals surface area contributed by atoms with Crippen molar-refractivity contribution in [1.29, 1.82) is 5.26 Å². The molecule has 1 heterocycles. The van der Waals surface area contributed by atoms with E-state index in [4.69, 9.17) is 10.00 Å². The third kappa shape index (κ3) is 4.18. The maximum atomic E-state index is 10.6. The Balaban J connectivity index is 1.21. The molecule has 1 aromatic rings. The van der Waals surface area contributed by atoms with Crippen LogP contribution in [0, 0.1) is 52.3 Å². The molecular weight excluding hydrogens is 386 g/mol. The van der Waals surface area contributed by atoms with Gasteiger partial charge < -0.3 is 9.84 Å². The van der Waals surface area contributed by atoms with Crippen molar-refractivity contribution >= 4 is 0 Å². The van der Waals surface area contributed by atoms with Crippen LogP contribution in [0.1, 0.15) is 77.8 Å². The van der Waals surface area contributed by atoms with Gasteiger partial charge in [0.25, 0.3) is 0 Å². The van der Waals surface area contributed by atoms with Crippen LogP contribution in [0.2, 0.25) is 0 Å². The van der Waals surface area contributed by atoms with E-state index in [-0.39, 0.29) is 0 Å². The van der Waals surface area contributed by atoms with E-state index in [1.54, 1.807) is 6.07 Å². The monoisotopic (exact) mass is 425 g/mol. The highest BCUT2D eigenvalue weighted by Crippen LogP contribution is 2.63.